The largest absolute Gasteiger partial charge is 0.467 e. The van der Waals surface area contributed by atoms with Crippen LogP contribution in [0.25, 0.3) is 0 Å². The van der Waals surface area contributed by atoms with E-state index >= 15 is 0 Å². The van der Waals surface area contributed by atoms with Gasteiger partial charge in [0.25, 0.3) is 0 Å². The Hall–Kier alpha value is -1.33. The quantitative estimate of drug-likeness (QED) is 0.678. The number of nitrogens with one attached hydrogen (secondary N) is 2. The maximum atomic E-state index is 11.9. The number of carbonyl (C=O) groups excluding carboxylic acids is 1. The van der Waals surface area contributed by atoms with E-state index in [-0.39, 0.29) is 11.9 Å². The van der Waals surface area contributed by atoms with E-state index in [1.54, 1.807) is 26.2 Å². The van der Waals surface area contributed by atoms with E-state index < -0.39 is 5.60 Å². The molecule has 0 aliphatic rings. The van der Waals surface area contributed by atoms with Gasteiger partial charge >= 0.3 is 0 Å². The predicted octanol–water partition coefficient (Wildman–Crippen LogP) is 1.67. The molecule has 114 valence electrons. The maximum Gasteiger partial charge on any atom is 0.237 e. The second kappa shape index (κ2) is 7.45. The first-order valence-electron chi connectivity index (χ1n) is 7.06. The first-order chi connectivity index (χ1) is 9.30. The monoisotopic (exact) mass is 282 g/mol. The Morgan fingerprint density at radius 2 is 2.15 bits per heavy atom. The summed E-state index contributed by atoms with van der Waals surface area (Å²) in [6, 6.07) is 3.24. The highest BCUT2D eigenvalue weighted by molar-refractivity contribution is 5.81. The molecule has 0 spiro atoms. The molecule has 0 radical (unpaired) electrons. The van der Waals surface area contributed by atoms with E-state index in [2.05, 4.69) is 24.5 Å². The van der Waals surface area contributed by atoms with Crippen LogP contribution in [0.1, 0.15) is 39.9 Å². The fraction of sp³-hybridized carbons (Fsp3) is 0.667. The lowest BCUT2D eigenvalue weighted by Crippen LogP contribution is -2.48. The summed E-state index contributed by atoms with van der Waals surface area (Å²) in [6.45, 7) is 8.46. The SMILES string of the molecule is CC(C)CC(C)(O)CNC(C)C(=O)NCc1ccco1. The van der Waals surface area contributed by atoms with E-state index in [1.807, 2.05) is 6.07 Å². The number of aliphatic hydroxyl groups is 1. The first kappa shape index (κ1) is 16.7. The normalized spacial score (nSPS) is 15.9. The van der Waals surface area contributed by atoms with Gasteiger partial charge in [-0.25, -0.2) is 0 Å². The molecule has 0 aromatic carbocycles. The Morgan fingerprint density at radius 3 is 2.70 bits per heavy atom. The van der Waals surface area contributed by atoms with Crippen LogP contribution in [0.2, 0.25) is 0 Å². The highest BCUT2D eigenvalue weighted by Crippen LogP contribution is 2.15. The molecule has 0 aliphatic carbocycles. The van der Waals surface area contributed by atoms with Crippen LogP contribution in [-0.2, 0) is 11.3 Å². The smallest absolute Gasteiger partial charge is 0.237 e. The van der Waals surface area contributed by atoms with E-state index in [0.29, 0.717) is 25.4 Å². The third-order valence-corrected chi connectivity index (χ3v) is 3.05. The second-order valence-electron chi connectivity index (χ2n) is 5.99. The average Bonchev–Trinajstić information content (AvgIpc) is 2.84. The lowest BCUT2D eigenvalue weighted by molar-refractivity contribution is -0.123. The van der Waals surface area contributed by atoms with E-state index in [4.69, 9.17) is 4.42 Å². The van der Waals surface area contributed by atoms with Crippen LogP contribution in [0, 0.1) is 5.92 Å². The predicted molar refractivity (Wildman–Crippen MR) is 78.1 cm³/mol. The third-order valence-electron chi connectivity index (χ3n) is 3.05. The molecule has 0 saturated carbocycles. The van der Waals surface area contributed by atoms with Gasteiger partial charge in [-0.1, -0.05) is 13.8 Å². The van der Waals surface area contributed by atoms with Crippen molar-refractivity contribution in [3.05, 3.63) is 24.2 Å². The van der Waals surface area contributed by atoms with Crippen LogP contribution >= 0.6 is 0 Å². The number of hydrogen-bond acceptors (Lipinski definition) is 4. The minimum atomic E-state index is -0.802. The van der Waals surface area contributed by atoms with Crippen molar-refractivity contribution in [2.45, 2.75) is 52.3 Å². The fourth-order valence-electron chi connectivity index (χ4n) is 2.16. The zero-order valence-corrected chi connectivity index (χ0v) is 12.8. The first-order valence-corrected chi connectivity index (χ1v) is 7.06. The second-order valence-corrected chi connectivity index (χ2v) is 5.99. The van der Waals surface area contributed by atoms with Crippen molar-refractivity contribution in [3.8, 4) is 0 Å². The van der Waals surface area contributed by atoms with Gasteiger partial charge in [-0.05, 0) is 38.3 Å². The van der Waals surface area contributed by atoms with Crippen LogP contribution in [0.5, 0.6) is 0 Å². The summed E-state index contributed by atoms with van der Waals surface area (Å²) in [7, 11) is 0. The van der Waals surface area contributed by atoms with Crippen LogP contribution < -0.4 is 10.6 Å². The molecule has 0 saturated heterocycles. The average molecular weight is 282 g/mol. The molecule has 1 amide bonds. The molecule has 2 unspecified atom stereocenters. The fourth-order valence-corrected chi connectivity index (χ4v) is 2.16. The van der Waals surface area contributed by atoms with Crippen LogP contribution in [0.4, 0.5) is 0 Å². The molecular weight excluding hydrogens is 256 g/mol. The molecule has 1 heterocycles. The van der Waals surface area contributed by atoms with Gasteiger partial charge < -0.3 is 20.2 Å². The van der Waals surface area contributed by atoms with Crippen molar-refractivity contribution in [1.82, 2.24) is 10.6 Å². The van der Waals surface area contributed by atoms with Crippen molar-refractivity contribution < 1.29 is 14.3 Å². The molecule has 0 fully saturated rings. The van der Waals surface area contributed by atoms with Gasteiger partial charge in [0.2, 0.25) is 5.91 Å². The van der Waals surface area contributed by atoms with Gasteiger partial charge in [0.1, 0.15) is 5.76 Å². The van der Waals surface area contributed by atoms with Gasteiger partial charge in [-0.3, -0.25) is 4.79 Å². The summed E-state index contributed by atoms with van der Waals surface area (Å²) in [5.74, 6) is 1.02. The summed E-state index contributed by atoms with van der Waals surface area (Å²) >= 11 is 0. The van der Waals surface area contributed by atoms with Crippen molar-refractivity contribution in [2.24, 2.45) is 5.92 Å². The summed E-state index contributed by atoms with van der Waals surface area (Å²) in [5.41, 5.74) is -0.802. The molecule has 1 aromatic heterocycles. The number of hydrogen-bond donors (Lipinski definition) is 3. The molecule has 0 bridgehead atoms. The van der Waals surface area contributed by atoms with Crippen molar-refractivity contribution in [2.75, 3.05) is 6.54 Å². The van der Waals surface area contributed by atoms with E-state index in [0.717, 1.165) is 5.76 Å². The number of carbonyl (C=O) groups is 1. The summed E-state index contributed by atoms with van der Waals surface area (Å²) in [4.78, 5) is 11.9. The van der Waals surface area contributed by atoms with Gasteiger partial charge in [0.05, 0.1) is 24.5 Å². The van der Waals surface area contributed by atoms with Crippen LogP contribution in [0.3, 0.4) is 0 Å². The van der Waals surface area contributed by atoms with Gasteiger partial charge in [0.15, 0.2) is 0 Å². The number of furan rings is 1. The summed E-state index contributed by atoms with van der Waals surface area (Å²) < 4.78 is 5.15. The van der Waals surface area contributed by atoms with Crippen molar-refractivity contribution >= 4 is 5.91 Å². The molecule has 0 aliphatic heterocycles. The van der Waals surface area contributed by atoms with Crippen molar-refractivity contribution in [1.29, 1.82) is 0 Å². The molecule has 1 rings (SSSR count). The molecule has 20 heavy (non-hydrogen) atoms. The van der Waals surface area contributed by atoms with Gasteiger partial charge in [-0.2, -0.15) is 0 Å². The topological polar surface area (TPSA) is 74.5 Å². The molecule has 1 aromatic rings. The Bertz CT molecular complexity index is 399. The maximum absolute atomic E-state index is 11.9. The van der Waals surface area contributed by atoms with Crippen LogP contribution in [-0.4, -0.2) is 29.2 Å². The van der Waals surface area contributed by atoms with Gasteiger partial charge in [-0.15, -0.1) is 0 Å². The molecule has 3 N–H and O–H groups in total. The molecule has 2 atom stereocenters. The Kier molecular flexibility index (Phi) is 6.23. The summed E-state index contributed by atoms with van der Waals surface area (Å²) in [5, 5.41) is 16.0. The van der Waals surface area contributed by atoms with Crippen molar-refractivity contribution in [3.63, 3.8) is 0 Å². The van der Waals surface area contributed by atoms with E-state index in [9.17, 15) is 9.90 Å². The zero-order valence-electron chi connectivity index (χ0n) is 12.8. The van der Waals surface area contributed by atoms with E-state index in [1.165, 1.54) is 0 Å². The molecular formula is C15H26N2O3. The Morgan fingerprint density at radius 1 is 1.45 bits per heavy atom. The minimum Gasteiger partial charge on any atom is -0.467 e. The van der Waals surface area contributed by atoms with Crippen LogP contribution in [0.15, 0.2) is 22.8 Å². The highest BCUT2D eigenvalue weighted by atomic mass is 16.3. The zero-order chi connectivity index (χ0) is 15.2. The third kappa shape index (κ3) is 6.21. The number of rotatable bonds is 8. The lowest BCUT2D eigenvalue weighted by atomic mass is 9.94. The molecule has 5 heteroatoms. The number of amides is 1. The Labute approximate surface area is 120 Å². The summed E-state index contributed by atoms with van der Waals surface area (Å²) in [6.07, 6.45) is 2.27. The molecule has 5 nitrogen and oxygen atoms in total. The highest BCUT2D eigenvalue weighted by Gasteiger charge is 2.23. The lowest BCUT2D eigenvalue weighted by Gasteiger charge is -2.27. The van der Waals surface area contributed by atoms with Gasteiger partial charge in [0, 0.05) is 6.54 Å². The Balaban J connectivity index is 2.30. The standard InChI is InChI=1S/C15H26N2O3/c1-11(2)8-15(4,19)10-17-12(3)14(18)16-9-13-6-5-7-20-13/h5-7,11-12,17,19H,8-10H2,1-4H3,(H,16,18). The minimum absolute atomic E-state index is 0.109.